The lowest BCUT2D eigenvalue weighted by atomic mass is 10.4. The van der Waals surface area contributed by atoms with E-state index in [2.05, 4.69) is 20.2 Å². The molecule has 3 aromatic heterocycles. The van der Waals surface area contributed by atoms with Crippen molar-refractivity contribution in [3.63, 3.8) is 0 Å². The Balaban J connectivity index is 2.10. The number of aromatic nitrogens is 6. The highest BCUT2D eigenvalue weighted by molar-refractivity contribution is 7.71. The zero-order chi connectivity index (χ0) is 13.4. The van der Waals surface area contributed by atoms with Crippen LogP contribution in [0.2, 0.25) is 5.02 Å². The predicted molar refractivity (Wildman–Crippen MR) is 74.7 cm³/mol. The van der Waals surface area contributed by atoms with Gasteiger partial charge in [0, 0.05) is 12.7 Å². The Kier molecular flexibility index (Phi) is 3.08. The van der Waals surface area contributed by atoms with E-state index in [0.29, 0.717) is 16.3 Å². The minimum atomic E-state index is 0.529. The molecule has 0 aromatic carbocycles. The first kappa shape index (κ1) is 12.3. The van der Waals surface area contributed by atoms with E-state index < -0.39 is 0 Å². The monoisotopic (exact) mass is 294 g/mol. The molecule has 3 aromatic rings. The van der Waals surface area contributed by atoms with Gasteiger partial charge in [0.25, 0.3) is 0 Å². The topological polar surface area (TPSA) is 64.3 Å². The molecule has 0 amide bonds. The molecule has 3 rings (SSSR count). The predicted octanol–water partition coefficient (Wildman–Crippen LogP) is 2.41. The number of pyridine rings is 1. The summed E-state index contributed by atoms with van der Waals surface area (Å²) in [5, 5.41) is 8.59. The van der Waals surface area contributed by atoms with Crippen LogP contribution in [0.1, 0.15) is 12.7 Å². The van der Waals surface area contributed by atoms with Crippen LogP contribution in [0.3, 0.4) is 0 Å². The molecule has 0 aliphatic carbocycles. The average molecular weight is 295 g/mol. The van der Waals surface area contributed by atoms with Crippen molar-refractivity contribution in [2.45, 2.75) is 20.0 Å². The number of hydrogen-bond acceptors (Lipinski definition) is 4. The summed E-state index contributed by atoms with van der Waals surface area (Å²) in [6.07, 6.45) is 3.31. The SMILES string of the molecule is CCn1cnnc1Cn1c(=S)[nH]c2cc(Cl)cnc21. The van der Waals surface area contributed by atoms with Crippen molar-refractivity contribution in [3.05, 3.63) is 34.2 Å². The fourth-order valence-corrected chi connectivity index (χ4v) is 2.39. The Bertz CT molecular complexity index is 786. The van der Waals surface area contributed by atoms with Gasteiger partial charge in [0.15, 0.2) is 16.2 Å². The van der Waals surface area contributed by atoms with Gasteiger partial charge in [0.05, 0.1) is 17.1 Å². The fourth-order valence-electron chi connectivity index (χ4n) is 1.97. The minimum Gasteiger partial charge on any atom is -0.329 e. The number of aromatic amines is 1. The molecule has 0 fully saturated rings. The summed E-state index contributed by atoms with van der Waals surface area (Å²) in [5.41, 5.74) is 1.58. The maximum Gasteiger partial charge on any atom is 0.179 e. The molecule has 8 heteroatoms. The third-order valence-electron chi connectivity index (χ3n) is 2.91. The number of rotatable bonds is 3. The smallest absolute Gasteiger partial charge is 0.179 e. The van der Waals surface area contributed by atoms with E-state index in [9.17, 15) is 0 Å². The zero-order valence-corrected chi connectivity index (χ0v) is 11.7. The molecule has 19 heavy (non-hydrogen) atoms. The molecule has 0 saturated heterocycles. The summed E-state index contributed by atoms with van der Waals surface area (Å²) in [6, 6.07) is 1.81. The van der Waals surface area contributed by atoms with Crippen LogP contribution in [-0.4, -0.2) is 29.3 Å². The van der Waals surface area contributed by atoms with Crippen LogP contribution < -0.4 is 0 Å². The normalized spacial score (nSPS) is 11.3. The molecule has 0 atom stereocenters. The molecule has 0 aliphatic rings. The Labute approximate surface area is 119 Å². The van der Waals surface area contributed by atoms with Gasteiger partial charge in [-0.05, 0) is 25.2 Å². The molecule has 0 bridgehead atoms. The molecule has 0 aliphatic heterocycles. The van der Waals surface area contributed by atoms with Crippen molar-refractivity contribution in [2.24, 2.45) is 0 Å². The highest BCUT2D eigenvalue weighted by Crippen LogP contribution is 2.17. The quantitative estimate of drug-likeness (QED) is 0.754. The van der Waals surface area contributed by atoms with Gasteiger partial charge in [-0.3, -0.25) is 4.57 Å². The zero-order valence-electron chi connectivity index (χ0n) is 10.2. The van der Waals surface area contributed by atoms with Gasteiger partial charge in [0.1, 0.15) is 6.33 Å². The number of H-pyrrole nitrogens is 1. The second-order valence-electron chi connectivity index (χ2n) is 4.07. The van der Waals surface area contributed by atoms with Crippen LogP contribution in [0.15, 0.2) is 18.6 Å². The number of hydrogen-bond donors (Lipinski definition) is 1. The Morgan fingerprint density at radius 3 is 3.11 bits per heavy atom. The lowest BCUT2D eigenvalue weighted by Gasteiger charge is -2.05. The number of nitrogens with one attached hydrogen (secondary N) is 1. The number of imidazole rings is 1. The Morgan fingerprint density at radius 1 is 1.47 bits per heavy atom. The second kappa shape index (κ2) is 4.75. The third kappa shape index (κ3) is 2.15. The standard InChI is InChI=1S/C11H11ClN6S/c1-2-17-6-14-16-9(17)5-18-10-8(15-11(18)19)3-7(12)4-13-10/h3-4,6H,2,5H2,1H3,(H,15,19). The highest BCUT2D eigenvalue weighted by Gasteiger charge is 2.10. The minimum absolute atomic E-state index is 0.529. The van der Waals surface area contributed by atoms with Crippen molar-refractivity contribution < 1.29 is 0 Å². The second-order valence-corrected chi connectivity index (χ2v) is 4.90. The number of halogens is 1. The van der Waals surface area contributed by atoms with Crippen molar-refractivity contribution in [1.29, 1.82) is 0 Å². The molecule has 6 nitrogen and oxygen atoms in total. The Morgan fingerprint density at radius 2 is 2.32 bits per heavy atom. The molecular formula is C11H11ClN6S. The summed E-state index contributed by atoms with van der Waals surface area (Å²) in [6.45, 7) is 3.39. The molecule has 0 saturated carbocycles. The summed E-state index contributed by atoms with van der Waals surface area (Å²) in [5.74, 6) is 0.844. The molecule has 1 N–H and O–H groups in total. The van der Waals surface area contributed by atoms with Gasteiger partial charge >= 0.3 is 0 Å². The van der Waals surface area contributed by atoms with E-state index in [1.165, 1.54) is 0 Å². The molecular weight excluding hydrogens is 284 g/mol. The lowest BCUT2D eigenvalue weighted by Crippen LogP contribution is -2.08. The van der Waals surface area contributed by atoms with Crippen LogP contribution in [-0.2, 0) is 13.1 Å². The van der Waals surface area contributed by atoms with E-state index in [1.54, 1.807) is 18.6 Å². The van der Waals surface area contributed by atoms with Crippen LogP contribution in [0, 0.1) is 4.77 Å². The van der Waals surface area contributed by atoms with Crippen LogP contribution >= 0.6 is 23.8 Å². The van der Waals surface area contributed by atoms with Gasteiger partial charge in [-0.1, -0.05) is 11.6 Å². The van der Waals surface area contributed by atoms with Crippen molar-refractivity contribution in [2.75, 3.05) is 0 Å². The van der Waals surface area contributed by atoms with Gasteiger partial charge in [0.2, 0.25) is 0 Å². The molecule has 0 spiro atoms. The van der Waals surface area contributed by atoms with Crippen LogP contribution in [0.5, 0.6) is 0 Å². The van der Waals surface area contributed by atoms with Gasteiger partial charge in [-0.25, -0.2) is 4.98 Å². The molecule has 0 unspecified atom stereocenters. The first-order chi connectivity index (χ1) is 9.19. The number of aryl methyl sites for hydroxylation is 1. The largest absolute Gasteiger partial charge is 0.329 e. The molecule has 0 radical (unpaired) electrons. The summed E-state index contributed by atoms with van der Waals surface area (Å²) >= 11 is 11.2. The summed E-state index contributed by atoms with van der Waals surface area (Å²) < 4.78 is 4.45. The Hall–Kier alpha value is -1.73. The summed E-state index contributed by atoms with van der Waals surface area (Å²) in [7, 11) is 0. The van der Waals surface area contributed by atoms with Gasteiger partial charge < -0.3 is 9.55 Å². The van der Waals surface area contributed by atoms with Gasteiger partial charge in [-0.2, -0.15) is 0 Å². The van der Waals surface area contributed by atoms with Crippen molar-refractivity contribution in [1.82, 2.24) is 29.3 Å². The van der Waals surface area contributed by atoms with E-state index in [1.807, 2.05) is 16.1 Å². The van der Waals surface area contributed by atoms with E-state index in [-0.39, 0.29) is 0 Å². The third-order valence-corrected chi connectivity index (χ3v) is 3.44. The molecule has 98 valence electrons. The lowest BCUT2D eigenvalue weighted by molar-refractivity contribution is 0.653. The van der Waals surface area contributed by atoms with Crippen molar-refractivity contribution >= 4 is 35.0 Å². The number of fused-ring (bicyclic) bond motifs is 1. The van der Waals surface area contributed by atoms with Crippen molar-refractivity contribution in [3.8, 4) is 0 Å². The molecule has 3 heterocycles. The fraction of sp³-hybridized carbons (Fsp3) is 0.273. The van der Waals surface area contributed by atoms with Gasteiger partial charge in [-0.15, -0.1) is 10.2 Å². The van der Waals surface area contributed by atoms with E-state index in [4.69, 9.17) is 23.8 Å². The number of nitrogens with zero attached hydrogens (tertiary/aromatic N) is 5. The summed E-state index contributed by atoms with van der Waals surface area (Å²) in [4.78, 5) is 7.40. The van der Waals surface area contributed by atoms with Crippen LogP contribution in [0.25, 0.3) is 11.2 Å². The van der Waals surface area contributed by atoms with Crippen LogP contribution in [0.4, 0.5) is 0 Å². The van der Waals surface area contributed by atoms with E-state index in [0.717, 1.165) is 23.5 Å². The maximum absolute atomic E-state index is 5.92. The highest BCUT2D eigenvalue weighted by atomic mass is 35.5. The first-order valence-corrected chi connectivity index (χ1v) is 6.58. The first-order valence-electron chi connectivity index (χ1n) is 5.79. The maximum atomic E-state index is 5.92. The van der Waals surface area contributed by atoms with E-state index >= 15 is 0 Å². The average Bonchev–Trinajstić information content (AvgIpc) is 2.95.